The standard InChI is InChI=1S/C17H28N4O2/c1-4-21-12-15(14(2)18-21)11-20-9-10-23-17(13-20)7-5-6-8-19(3)16(17)22/h12H,4-11,13H2,1-3H3. The molecule has 3 heterocycles. The summed E-state index contributed by atoms with van der Waals surface area (Å²) in [4.78, 5) is 17.0. The molecule has 6 nitrogen and oxygen atoms in total. The summed E-state index contributed by atoms with van der Waals surface area (Å²) < 4.78 is 8.02. The normalized spacial score (nSPS) is 26.7. The lowest BCUT2D eigenvalue weighted by molar-refractivity contribution is -0.169. The number of nitrogens with zero attached hydrogens (tertiary/aromatic N) is 4. The number of aryl methyl sites for hydroxylation is 2. The number of morpholine rings is 1. The van der Waals surface area contributed by atoms with Crippen molar-refractivity contribution in [2.75, 3.05) is 33.3 Å². The van der Waals surface area contributed by atoms with Crippen molar-refractivity contribution >= 4 is 5.91 Å². The molecule has 2 aliphatic heterocycles. The summed E-state index contributed by atoms with van der Waals surface area (Å²) in [7, 11) is 1.90. The van der Waals surface area contributed by atoms with Gasteiger partial charge in [-0.25, -0.2) is 0 Å². The van der Waals surface area contributed by atoms with Crippen molar-refractivity contribution < 1.29 is 9.53 Å². The Morgan fingerprint density at radius 2 is 2.17 bits per heavy atom. The highest BCUT2D eigenvalue weighted by Gasteiger charge is 2.45. The lowest BCUT2D eigenvalue weighted by Crippen LogP contribution is -2.59. The highest BCUT2D eigenvalue weighted by Crippen LogP contribution is 2.30. The molecule has 1 aromatic heterocycles. The Kier molecular flexibility index (Phi) is 4.73. The van der Waals surface area contributed by atoms with E-state index in [1.807, 2.05) is 16.6 Å². The van der Waals surface area contributed by atoms with Crippen molar-refractivity contribution in [1.82, 2.24) is 19.6 Å². The molecule has 0 radical (unpaired) electrons. The second-order valence-corrected chi connectivity index (χ2v) is 6.83. The van der Waals surface area contributed by atoms with Crippen molar-refractivity contribution in [2.24, 2.45) is 0 Å². The van der Waals surface area contributed by atoms with Crippen LogP contribution in [-0.2, 0) is 22.6 Å². The van der Waals surface area contributed by atoms with Gasteiger partial charge in [0.15, 0.2) is 5.60 Å². The van der Waals surface area contributed by atoms with Crippen molar-refractivity contribution in [2.45, 2.75) is 51.8 Å². The topological polar surface area (TPSA) is 50.6 Å². The lowest BCUT2D eigenvalue weighted by Gasteiger charge is -2.42. The van der Waals surface area contributed by atoms with Gasteiger partial charge in [0.25, 0.3) is 5.91 Å². The van der Waals surface area contributed by atoms with Gasteiger partial charge in [-0.1, -0.05) is 0 Å². The first-order chi connectivity index (χ1) is 11.0. The maximum absolute atomic E-state index is 12.8. The average Bonchev–Trinajstić information content (AvgIpc) is 2.85. The zero-order valence-corrected chi connectivity index (χ0v) is 14.5. The molecule has 1 unspecified atom stereocenters. The highest BCUT2D eigenvalue weighted by molar-refractivity contribution is 5.85. The van der Waals surface area contributed by atoms with Crippen molar-refractivity contribution in [3.63, 3.8) is 0 Å². The zero-order valence-electron chi connectivity index (χ0n) is 14.5. The van der Waals surface area contributed by atoms with E-state index in [1.165, 1.54) is 5.56 Å². The molecule has 1 amide bonds. The minimum absolute atomic E-state index is 0.153. The maximum atomic E-state index is 12.8. The first-order valence-electron chi connectivity index (χ1n) is 8.69. The summed E-state index contributed by atoms with van der Waals surface area (Å²) in [6.45, 7) is 8.91. The van der Waals surface area contributed by atoms with E-state index in [-0.39, 0.29) is 5.91 Å². The van der Waals surface area contributed by atoms with Gasteiger partial charge in [0.2, 0.25) is 0 Å². The van der Waals surface area contributed by atoms with E-state index in [0.29, 0.717) is 13.2 Å². The molecule has 1 aromatic rings. The number of amides is 1. The van der Waals surface area contributed by atoms with E-state index in [1.54, 1.807) is 0 Å². The van der Waals surface area contributed by atoms with E-state index in [0.717, 1.165) is 51.1 Å². The number of likely N-dealkylation sites (N-methyl/N-ethyl adjacent to an activating group) is 1. The summed E-state index contributed by atoms with van der Waals surface area (Å²) in [5.74, 6) is 0.153. The van der Waals surface area contributed by atoms with Crippen molar-refractivity contribution in [3.05, 3.63) is 17.5 Å². The van der Waals surface area contributed by atoms with Gasteiger partial charge in [0.05, 0.1) is 12.3 Å². The Labute approximate surface area is 138 Å². The number of carbonyl (C=O) groups is 1. The molecule has 2 aliphatic rings. The molecule has 128 valence electrons. The van der Waals surface area contributed by atoms with Crippen LogP contribution in [0.15, 0.2) is 6.20 Å². The van der Waals surface area contributed by atoms with Crippen molar-refractivity contribution in [3.8, 4) is 0 Å². The second kappa shape index (κ2) is 6.61. The van der Waals surface area contributed by atoms with E-state index in [4.69, 9.17) is 4.74 Å². The van der Waals surface area contributed by atoms with Gasteiger partial charge >= 0.3 is 0 Å². The molecule has 2 saturated heterocycles. The van der Waals surface area contributed by atoms with Gasteiger partial charge in [0.1, 0.15) is 0 Å². The smallest absolute Gasteiger partial charge is 0.255 e. The molecule has 0 aromatic carbocycles. The lowest BCUT2D eigenvalue weighted by atomic mass is 9.94. The Morgan fingerprint density at radius 3 is 2.91 bits per heavy atom. The first kappa shape index (κ1) is 16.5. The number of ether oxygens (including phenoxy) is 1. The van der Waals surface area contributed by atoms with Crippen molar-refractivity contribution in [1.29, 1.82) is 0 Å². The van der Waals surface area contributed by atoms with Crippen LogP contribution in [0.3, 0.4) is 0 Å². The van der Waals surface area contributed by atoms with Gasteiger partial charge in [-0.2, -0.15) is 5.10 Å². The Morgan fingerprint density at radius 1 is 1.35 bits per heavy atom. The predicted molar refractivity (Wildman–Crippen MR) is 88.1 cm³/mol. The summed E-state index contributed by atoms with van der Waals surface area (Å²) in [5, 5.41) is 4.52. The van der Waals surface area contributed by atoms with Gasteiger partial charge in [-0.15, -0.1) is 0 Å². The molecule has 23 heavy (non-hydrogen) atoms. The van der Waals surface area contributed by atoms with Crippen LogP contribution in [0.1, 0.15) is 37.4 Å². The predicted octanol–water partition coefficient (Wildman–Crippen LogP) is 1.42. The molecule has 0 bridgehead atoms. The maximum Gasteiger partial charge on any atom is 0.255 e. The largest absolute Gasteiger partial charge is 0.362 e. The number of rotatable bonds is 3. The van der Waals surface area contributed by atoms with Gasteiger partial charge in [-0.3, -0.25) is 14.4 Å². The molecular formula is C17H28N4O2. The Balaban J connectivity index is 1.74. The highest BCUT2D eigenvalue weighted by atomic mass is 16.5. The minimum Gasteiger partial charge on any atom is -0.362 e. The molecule has 0 saturated carbocycles. The Bertz CT molecular complexity index is 571. The van der Waals surface area contributed by atoms with E-state index in [2.05, 4.69) is 30.0 Å². The number of hydrogen-bond acceptors (Lipinski definition) is 4. The third kappa shape index (κ3) is 3.28. The SMILES string of the molecule is CCn1cc(CN2CCOC3(CCCCN(C)C3=O)C2)c(C)n1. The quantitative estimate of drug-likeness (QED) is 0.845. The molecular weight excluding hydrogens is 292 g/mol. The minimum atomic E-state index is -0.641. The van der Waals surface area contributed by atoms with Crippen LogP contribution in [0.5, 0.6) is 0 Å². The molecule has 1 atom stereocenters. The molecule has 6 heteroatoms. The average molecular weight is 320 g/mol. The fraction of sp³-hybridized carbons (Fsp3) is 0.765. The van der Waals surface area contributed by atoms with Crippen LogP contribution in [0.2, 0.25) is 0 Å². The molecule has 0 N–H and O–H groups in total. The summed E-state index contributed by atoms with van der Waals surface area (Å²) >= 11 is 0. The van der Waals surface area contributed by atoms with E-state index >= 15 is 0 Å². The van der Waals surface area contributed by atoms with Crippen LogP contribution in [0.25, 0.3) is 0 Å². The Hall–Kier alpha value is -1.40. The molecule has 2 fully saturated rings. The number of hydrogen-bond donors (Lipinski definition) is 0. The molecule has 0 aliphatic carbocycles. The zero-order chi connectivity index (χ0) is 16.4. The number of aromatic nitrogens is 2. The fourth-order valence-electron chi connectivity index (χ4n) is 3.70. The first-order valence-corrected chi connectivity index (χ1v) is 8.69. The van der Waals surface area contributed by atoms with Crippen LogP contribution < -0.4 is 0 Å². The van der Waals surface area contributed by atoms with Gasteiger partial charge in [0, 0.05) is 51.5 Å². The number of carbonyl (C=O) groups excluding carboxylic acids is 1. The van der Waals surface area contributed by atoms with E-state index < -0.39 is 5.60 Å². The third-order valence-corrected chi connectivity index (χ3v) is 5.09. The van der Waals surface area contributed by atoms with Gasteiger partial charge in [-0.05, 0) is 33.1 Å². The summed E-state index contributed by atoms with van der Waals surface area (Å²) in [6.07, 6.45) is 5.07. The second-order valence-electron chi connectivity index (χ2n) is 6.83. The van der Waals surface area contributed by atoms with Crippen LogP contribution in [-0.4, -0.2) is 64.4 Å². The van der Waals surface area contributed by atoms with Gasteiger partial charge < -0.3 is 9.64 Å². The van der Waals surface area contributed by atoms with E-state index in [9.17, 15) is 4.79 Å². The summed E-state index contributed by atoms with van der Waals surface area (Å²) in [6, 6.07) is 0. The monoisotopic (exact) mass is 320 g/mol. The molecule has 1 spiro atoms. The number of likely N-dealkylation sites (tertiary alicyclic amines) is 1. The molecule has 3 rings (SSSR count). The summed E-state index contributed by atoms with van der Waals surface area (Å²) in [5.41, 5.74) is 1.69. The van der Waals surface area contributed by atoms with Crippen LogP contribution in [0.4, 0.5) is 0 Å². The van der Waals surface area contributed by atoms with Crippen LogP contribution >= 0.6 is 0 Å². The van der Waals surface area contributed by atoms with Crippen LogP contribution in [0, 0.1) is 6.92 Å². The third-order valence-electron chi connectivity index (χ3n) is 5.09. The fourth-order valence-corrected chi connectivity index (χ4v) is 3.70.